The SMILES string of the molecule is CN=C(NCC1(c2cccc(Cl)c2)CCOCC1)NC(C)Cc1c(C)nn(C)c1C. The van der Waals surface area contributed by atoms with Crippen LogP contribution >= 0.6 is 11.6 Å². The first kappa shape index (κ1) is 22.6. The van der Waals surface area contributed by atoms with Crippen LogP contribution in [-0.2, 0) is 23.6 Å². The van der Waals surface area contributed by atoms with E-state index < -0.39 is 0 Å². The van der Waals surface area contributed by atoms with Gasteiger partial charge in [0.25, 0.3) is 0 Å². The lowest BCUT2D eigenvalue weighted by Gasteiger charge is -2.38. The minimum absolute atomic E-state index is 0.0134. The van der Waals surface area contributed by atoms with Gasteiger partial charge in [0.15, 0.2) is 5.96 Å². The summed E-state index contributed by atoms with van der Waals surface area (Å²) >= 11 is 6.29. The molecule has 1 atom stereocenters. The molecule has 6 nitrogen and oxygen atoms in total. The molecule has 7 heteroatoms. The van der Waals surface area contributed by atoms with Gasteiger partial charge in [-0.3, -0.25) is 9.67 Å². The van der Waals surface area contributed by atoms with Crippen molar-refractivity contribution in [2.24, 2.45) is 12.0 Å². The summed E-state index contributed by atoms with van der Waals surface area (Å²) in [5.74, 6) is 0.814. The van der Waals surface area contributed by atoms with Gasteiger partial charge in [-0.2, -0.15) is 5.10 Å². The smallest absolute Gasteiger partial charge is 0.191 e. The van der Waals surface area contributed by atoms with Gasteiger partial charge in [-0.25, -0.2) is 0 Å². The van der Waals surface area contributed by atoms with E-state index in [2.05, 4.69) is 53.6 Å². The van der Waals surface area contributed by atoms with Gasteiger partial charge in [0.2, 0.25) is 0 Å². The van der Waals surface area contributed by atoms with Crippen LogP contribution in [0.5, 0.6) is 0 Å². The fourth-order valence-corrected chi connectivity index (χ4v) is 4.49. The molecule has 0 amide bonds. The van der Waals surface area contributed by atoms with Gasteiger partial charge < -0.3 is 15.4 Å². The van der Waals surface area contributed by atoms with Gasteiger partial charge in [0.1, 0.15) is 0 Å². The molecular weight excluding hydrogens is 398 g/mol. The number of nitrogens with zero attached hydrogens (tertiary/aromatic N) is 3. The Balaban J connectivity index is 1.67. The van der Waals surface area contributed by atoms with Crippen LogP contribution in [0.3, 0.4) is 0 Å². The molecule has 1 unspecified atom stereocenters. The number of halogens is 1. The predicted octanol–water partition coefficient (Wildman–Crippen LogP) is 3.53. The molecule has 1 aliphatic rings. The first-order valence-electron chi connectivity index (χ1n) is 10.6. The molecule has 0 radical (unpaired) electrons. The first-order valence-corrected chi connectivity index (χ1v) is 11.0. The lowest BCUT2D eigenvalue weighted by atomic mass is 9.74. The fraction of sp³-hybridized carbons (Fsp3) is 0.565. The Hall–Kier alpha value is -2.05. The van der Waals surface area contributed by atoms with Gasteiger partial charge >= 0.3 is 0 Å². The van der Waals surface area contributed by atoms with E-state index in [0.29, 0.717) is 0 Å². The third-order valence-electron chi connectivity index (χ3n) is 6.26. The maximum atomic E-state index is 6.29. The molecule has 2 aromatic rings. The molecule has 1 saturated heterocycles. The standard InChI is InChI=1S/C23H34ClN5O/c1-16(13-21-17(2)28-29(5)18(21)3)27-22(25-4)26-15-23(9-11-30-12-10-23)19-7-6-8-20(24)14-19/h6-8,14,16H,9-13,15H2,1-5H3,(H2,25,26,27). The summed E-state index contributed by atoms with van der Waals surface area (Å²) in [5.41, 5.74) is 4.85. The number of hydrogen-bond donors (Lipinski definition) is 2. The normalized spacial score (nSPS) is 17.6. The van der Waals surface area contributed by atoms with Crippen LogP contribution in [0.15, 0.2) is 29.3 Å². The Bertz CT molecular complexity index is 886. The number of benzene rings is 1. The third kappa shape index (κ3) is 5.16. The number of aryl methyl sites for hydroxylation is 2. The zero-order chi connectivity index (χ0) is 21.7. The molecule has 1 aliphatic heterocycles. The second kappa shape index (κ2) is 9.84. The zero-order valence-electron chi connectivity index (χ0n) is 18.8. The summed E-state index contributed by atoms with van der Waals surface area (Å²) in [6, 6.07) is 8.45. The monoisotopic (exact) mass is 431 g/mol. The van der Waals surface area contributed by atoms with E-state index in [0.717, 1.165) is 55.7 Å². The van der Waals surface area contributed by atoms with Crippen LogP contribution in [0.1, 0.15) is 42.3 Å². The van der Waals surface area contributed by atoms with Crippen molar-refractivity contribution >= 4 is 17.6 Å². The molecule has 1 aromatic carbocycles. The van der Waals surface area contributed by atoms with Crippen molar-refractivity contribution in [3.8, 4) is 0 Å². The van der Waals surface area contributed by atoms with Gasteiger partial charge in [-0.1, -0.05) is 23.7 Å². The van der Waals surface area contributed by atoms with Crippen LogP contribution in [0, 0.1) is 13.8 Å². The molecule has 0 bridgehead atoms. The van der Waals surface area contributed by atoms with Crippen molar-refractivity contribution in [2.75, 3.05) is 26.8 Å². The van der Waals surface area contributed by atoms with Crippen molar-refractivity contribution in [3.05, 3.63) is 51.8 Å². The minimum Gasteiger partial charge on any atom is -0.381 e. The van der Waals surface area contributed by atoms with Crippen LogP contribution < -0.4 is 10.6 Å². The number of guanidine groups is 1. The maximum absolute atomic E-state index is 6.29. The Morgan fingerprint density at radius 3 is 2.67 bits per heavy atom. The van der Waals surface area contributed by atoms with E-state index in [-0.39, 0.29) is 11.5 Å². The highest BCUT2D eigenvalue weighted by atomic mass is 35.5. The minimum atomic E-state index is -0.0134. The Morgan fingerprint density at radius 2 is 2.07 bits per heavy atom. The van der Waals surface area contributed by atoms with Crippen molar-refractivity contribution in [1.82, 2.24) is 20.4 Å². The molecule has 2 N–H and O–H groups in total. The van der Waals surface area contributed by atoms with Gasteiger partial charge in [-0.15, -0.1) is 0 Å². The lowest BCUT2D eigenvalue weighted by molar-refractivity contribution is 0.0513. The molecule has 2 heterocycles. The highest BCUT2D eigenvalue weighted by Gasteiger charge is 2.35. The van der Waals surface area contributed by atoms with E-state index in [9.17, 15) is 0 Å². The third-order valence-corrected chi connectivity index (χ3v) is 6.49. The number of ether oxygens (including phenoxy) is 1. The average molecular weight is 432 g/mol. The topological polar surface area (TPSA) is 63.5 Å². The molecule has 0 aliphatic carbocycles. The summed E-state index contributed by atoms with van der Waals surface area (Å²) in [5, 5.41) is 12.4. The Morgan fingerprint density at radius 1 is 1.33 bits per heavy atom. The number of aliphatic imine (C=N–C) groups is 1. The zero-order valence-corrected chi connectivity index (χ0v) is 19.5. The molecule has 3 rings (SSSR count). The van der Waals surface area contributed by atoms with Crippen molar-refractivity contribution in [2.45, 2.75) is 51.5 Å². The number of aromatic nitrogens is 2. The Labute approximate surface area is 185 Å². The fourth-order valence-electron chi connectivity index (χ4n) is 4.30. The summed E-state index contributed by atoms with van der Waals surface area (Å²) in [7, 11) is 3.81. The van der Waals surface area contributed by atoms with E-state index in [1.807, 2.05) is 30.9 Å². The lowest BCUT2D eigenvalue weighted by Crippen LogP contribution is -2.50. The predicted molar refractivity (Wildman–Crippen MR) is 124 cm³/mol. The van der Waals surface area contributed by atoms with E-state index in [4.69, 9.17) is 16.3 Å². The number of rotatable bonds is 6. The first-order chi connectivity index (χ1) is 14.3. The second-order valence-electron chi connectivity index (χ2n) is 8.35. The van der Waals surface area contributed by atoms with Crippen molar-refractivity contribution < 1.29 is 4.74 Å². The van der Waals surface area contributed by atoms with E-state index >= 15 is 0 Å². The largest absolute Gasteiger partial charge is 0.381 e. The summed E-state index contributed by atoms with van der Waals surface area (Å²) in [4.78, 5) is 4.46. The van der Waals surface area contributed by atoms with Gasteiger partial charge in [0.05, 0.1) is 5.69 Å². The molecule has 164 valence electrons. The van der Waals surface area contributed by atoms with Crippen molar-refractivity contribution in [3.63, 3.8) is 0 Å². The highest BCUT2D eigenvalue weighted by molar-refractivity contribution is 6.30. The van der Waals surface area contributed by atoms with Crippen LogP contribution in [0.2, 0.25) is 5.02 Å². The Kier molecular flexibility index (Phi) is 7.42. The van der Waals surface area contributed by atoms with Crippen LogP contribution in [-0.4, -0.2) is 48.6 Å². The maximum Gasteiger partial charge on any atom is 0.191 e. The molecule has 30 heavy (non-hydrogen) atoms. The number of nitrogens with one attached hydrogen (secondary N) is 2. The van der Waals surface area contributed by atoms with Crippen molar-refractivity contribution in [1.29, 1.82) is 0 Å². The average Bonchev–Trinajstić information content (AvgIpc) is 2.97. The molecule has 0 saturated carbocycles. The summed E-state index contributed by atoms with van der Waals surface area (Å²) in [6.45, 7) is 8.68. The van der Waals surface area contributed by atoms with Crippen LogP contribution in [0.25, 0.3) is 0 Å². The molecular formula is C23H34ClN5O. The molecule has 0 spiro atoms. The van der Waals surface area contributed by atoms with E-state index in [1.165, 1.54) is 16.8 Å². The molecule has 1 fully saturated rings. The van der Waals surface area contributed by atoms with E-state index in [1.54, 1.807) is 0 Å². The molecule has 1 aromatic heterocycles. The highest BCUT2D eigenvalue weighted by Crippen LogP contribution is 2.35. The quantitative estimate of drug-likeness (QED) is 0.542. The summed E-state index contributed by atoms with van der Waals surface area (Å²) < 4.78 is 7.60. The number of hydrogen-bond acceptors (Lipinski definition) is 3. The van der Waals surface area contributed by atoms with Gasteiger partial charge in [0, 0.05) is 56.0 Å². The van der Waals surface area contributed by atoms with Crippen LogP contribution in [0.4, 0.5) is 0 Å². The van der Waals surface area contributed by atoms with Gasteiger partial charge in [-0.05, 0) is 63.3 Å². The second-order valence-corrected chi connectivity index (χ2v) is 8.79. The summed E-state index contributed by atoms with van der Waals surface area (Å²) in [6.07, 6.45) is 2.82.